The first-order valence-electron chi connectivity index (χ1n) is 37.9. The van der Waals surface area contributed by atoms with Gasteiger partial charge in [-0.2, -0.15) is 9.90 Å². The average Bonchev–Trinajstić information content (AvgIpc) is 1.67. The number of esters is 2. The number of fused-ring (bicyclic) bond motifs is 1. The van der Waals surface area contributed by atoms with Crippen molar-refractivity contribution in [2.75, 3.05) is 29.1 Å². The molecule has 0 bridgehead atoms. The van der Waals surface area contributed by atoms with Gasteiger partial charge in [0.1, 0.15) is 5.60 Å². The summed E-state index contributed by atoms with van der Waals surface area (Å²) >= 11 is 2.46. The lowest BCUT2D eigenvalue weighted by Crippen LogP contribution is -2.50. The van der Waals surface area contributed by atoms with Crippen molar-refractivity contribution in [1.29, 1.82) is 0 Å². The molecule has 5 heterocycles. The third kappa shape index (κ3) is 24.0. The van der Waals surface area contributed by atoms with E-state index in [0.717, 1.165) is 126 Å². The molecule has 6 aliphatic rings. The summed E-state index contributed by atoms with van der Waals surface area (Å²) < 4.78 is 99.7. The number of benzene rings is 2. The standard InChI is InChI=1S/C41H65IO7S.C41H64O6S.H3P/c1-10-27(2)21-36-31(6)35(25-50(44,45)34-16-12-11-13-17-34)37(48-36)23-29(4)30(5)28(3)22-32-18-19-38-41(26-42,49-32)24-33(47-38)15-14-20-46-39(43)40(7,8)9;1-10-27(2)21-38-31(6)36(26-48(43,44)35-16-12-11-13-17-35)39(47-38)25-33-24-32(22-28(3)30(33)5)18-19-37-29(4)23-34(46-37)15-14-20-45-40(42)41(7,8)9;/h11-13,16-17,27-29,31-33,35-38H,5,10,14-15,18-26H2,1-4,6-9H3;11-13,16-17,27-28,31-34,36-39H,4-5,10,14-15,18-26H2,1-3,6-9H3;1H3/t27-,28-,29-,31-,32-,33+,35-,36-,37?,38+,41-;27-,28-,31-,32?,33-,34+,36-,37?,38-,39?;/m11./s1. The molecule has 17 heteroatoms. The molecule has 1 saturated carbocycles. The van der Waals surface area contributed by atoms with Gasteiger partial charge in [-0.25, -0.2) is 16.8 Å². The first-order valence-corrected chi connectivity index (χ1v) is 42.7. The molecule has 22 atom stereocenters. The zero-order valence-corrected chi connectivity index (χ0v) is 68.8. The van der Waals surface area contributed by atoms with Crippen molar-refractivity contribution in [2.45, 2.75) is 296 Å². The highest BCUT2D eigenvalue weighted by Gasteiger charge is 2.53. The highest BCUT2D eigenvalue weighted by molar-refractivity contribution is 14.1. The lowest BCUT2D eigenvalue weighted by Gasteiger charge is -2.42. The molecule has 5 saturated heterocycles. The maximum absolute atomic E-state index is 13.6. The molecule has 562 valence electrons. The van der Waals surface area contributed by atoms with Crippen LogP contribution in [-0.2, 0) is 62.4 Å². The molecule has 1 aliphatic carbocycles. The summed E-state index contributed by atoms with van der Waals surface area (Å²) in [7, 11) is -6.88. The second kappa shape index (κ2) is 38.1. The van der Waals surface area contributed by atoms with E-state index < -0.39 is 30.5 Å². The largest absolute Gasteiger partial charge is 0.465 e. The predicted octanol–water partition coefficient (Wildman–Crippen LogP) is 18.9. The fourth-order valence-electron chi connectivity index (χ4n) is 16.4. The second-order valence-corrected chi connectivity index (χ2v) is 38.3. The quantitative estimate of drug-likeness (QED) is 0.0170. The van der Waals surface area contributed by atoms with Gasteiger partial charge in [0.05, 0.1) is 100 Å². The number of alkyl halides is 1. The van der Waals surface area contributed by atoms with Crippen LogP contribution in [0.15, 0.2) is 107 Å². The highest BCUT2D eigenvalue weighted by Crippen LogP contribution is 2.49. The average molecular weight is 1550 g/mol. The maximum atomic E-state index is 13.6. The van der Waals surface area contributed by atoms with Crippen LogP contribution in [-0.4, -0.2) is 118 Å². The molecule has 99 heavy (non-hydrogen) atoms. The van der Waals surface area contributed by atoms with Crippen molar-refractivity contribution >= 4 is 64.1 Å². The Morgan fingerprint density at radius 1 is 0.626 bits per heavy atom. The number of hydrogen-bond donors (Lipinski definition) is 0. The Morgan fingerprint density at radius 3 is 1.63 bits per heavy atom. The predicted molar refractivity (Wildman–Crippen MR) is 415 cm³/mol. The first kappa shape index (κ1) is 85.4. The second-order valence-electron chi connectivity index (χ2n) is 33.5. The molecule has 0 radical (unpaired) electrons. The van der Waals surface area contributed by atoms with Gasteiger partial charge in [0.25, 0.3) is 0 Å². The van der Waals surface area contributed by atoms with Crippen LogP contribution < -0.4 is 0 Å². The van der Waals surface area contributed by atoms with Gasteiger partial charge >= 0.3 is 11.9 Å². The zero-order valence-electron chi connectivity index (χ0n) is 63.6. The van der Waals surface area contributed by atoms with Crippen LogP contribution in [0.3, 0.4) is 0 Å². The smallest absolute Gasteiger partial charge is 0.311 e. The van der Waals surface area contributed by atoms with E-state index in [9.17, 15) is 26.4 Å². The van der Waals surface area contributed by atoms with Gasteiger partial charge in [0.2, 0.25) is 0 Å². The van der Waals surface area contributed by atoms with E-state index in [-0.39, 0.29) is 129 Å². The fraction of sp³-hybridized carbons (Fsp3) is 0.756. The molecule has 6 fully saturated rings. The Bertz CT molecular complexity index is 3110. The van der Waals surface area contributed by atoms with E-state index in [1.807, 2.05) is 53.7 Å². The Kier molecular flexibility index (Phi) is 32.9. The number of carbonyl (C=O) groups excluding carboxylic acids is 2. The number of halogens is 1. The Morgan fingerprint density at radius 2 is 1.12 bits per heavy atom. The van der Waals surface area contributed by atoms with Crippen LogP contribution >= 0.6 is 32.5 Å². The van der Waals surface area contributed by atoms with Crippen LogP contribution in [0.5, 0.6) is 0 Å². The summed E-state index contributed by atoms with van der Waals surface area (Å²) in [4.78, 5) is 25.0. The SMILES string of the molecule is C=C([C@H](C)CC1O[C@H](C[C@H](C)CC)[C@H](C)[C@H]1CS(=O)(=O)c1ccccc1)[C@H](C)C[C@H]1CC[C@@H]2O[C@@H](CCCOC(=O)C(C)(C)C)C[C@]2(CI)O1.C=C1C[C@H](CCCOC(=O)C(C)(C)C)OC1CCC1C[C@H](CC2O[C@H](C[C@H](C)CC)[C@H](C)[C@H]2CS(=O)(=O)c2ccccc2)C(=C)[C@H](C)C1.P. The topological polar surface area (TPSA) is 167 Å². The molecule has 0 aromatic heterocycles. The van der Waals surface area contributed by atoms with Crippen LogP contribution in [0.4, 0.5) is 0 Å². The minimum atomic E-state index is -3.44. The van der Waals surface area contributed by atoms with Crippen LogP contribution in [0.2, 0.25) is 0 Å². The van der Waals surface area contributed by atoms with Crippen LogP contribution in [0.1, 0.15) is 226 Å². The molecule has 0 spiro atoms. The lowest BCUT2D eigenvalue weighted by atomic mass is 9.69. The molecule has 0 amide bonds. The number of rotatable bonds is 32. The minimum Gasteiger partial charge on any atom is -0.465 e. The Labute approximate surface area is 617 Å². The summed E-state index contributed by atoms with van der Waals surface area (Å²) in [5.41, 5.74) is 2.43. The molecule has 5 aliphatic heterocycles. The van der Waals surface area contributed by atoms with Gasteiger partial charge < -0.3 is 33.2 Å². The van der Waals surface area contributed by atoms with Gasteiger partial charge in [-0.15, -0.1) is 0 Å². The Balaban J connectivity index is 0.000000309. The van der Waals surface area contributed by atoms with Gasteiger partial charge in [-0.1, -0.05) is 165 Å². The number of hydrogen-bond acceptors (Lipinski definition) is 13. The van der Waals surface area contributed by atoms with Gasteiger partial charge in [0.15, 0.2) is 19.7 Å². The van der Waals surface area contributed by atoms with E-state index in [4.69, 9.17) is 33.2 Å². The van der Waals surface area contributed by atoms with E-state index in [1.54, 1.807) is 48.5 Å². The first-order chi connectivity index (χ1) is 46.1. The van der Waals surface area contributed by atoms with Crippen molar-refractivity contribution in [3.8, 4) is 0 Å². The van der Waals surface area contributed by atoms with Gasteiger partial charge in [-0.3, -0.25) is 9.59 Å². The number of allylic oxidation sites excluding steroid dienone is 2. The van der Waals surface area contributed by atoms with Gasteiger partial charge in [0, 0.05) is 22.7 Å². The third-order valence-electron chi connectivity index (χ3n) is 23.4. The van der Waals surface area contributed by atoms with Crippen LogP contribution in [0.25, 0.3) is 0 Å². The normalized spacial score (nSPS) is 31.6. The summed E-state index contributed by atoms with van der Waals surface area (Å²) in [6.45, 7) is 45.8. The maximum Gasteiger partial charge on any atom is 0.311 e. The van der Waals surface area contributed by atoms with E-state index >= 15 is 0 Å². The molecule has 2 aromatic rings. The number of sulfone groups is 2. The van der Waals surface area contributed by atoms with Gasteiger partial charge in [-0.05, 0) is 227 Å². The van der Waals surface area contributed by atoms with E-state index in [1.165, 1.54) is 16.7 Å². The Hall–Kier alpha value is -2.54. The zero-order chi connectivity index (χ0) is 72.1. The molecular weight excluding hydrogens is 1410 g/mol. The molecular formula is C82H132IO13PS2. The van der Waals surface area contributed by atoms with E-state index in [0.29, 0.717) is 52.6 Å². The van der Waals surface area contributed by atoms with Crippen molar-refractivity contribution in [2.24, 2.45) is 75.9 Å². The molecule has 8 rings (SSSR count). The monoisotopic (exact) mass is 1550 g/mol. The van der Waals surface area contributed by atoms with Crippen molar-refractivity contribution < 1.29 is 59.6 Å². The van der Waals surface area contributed by atoms with Crippen LogP contribution in [0, 0.1) is 75.9 Å². The summed E-state index contributed by atoms with van der Waals surface area (Å²) in [5, 5.41) is 0. The molecule has 2 aromatic carbocycles. The molecule has 0 N–H and O–H groups in total. The molecule has 5 unspecified atom stereocenters. The van der Waals surface area contributed by atoms with Crippen molar-refractivity contribution in [3.63, 3.8) is 0 Å². The number of ether oxygens (including phenoxy) is 7. The third-order valence-corrected chi connectivity index (χ3v) is 28.3. The van der Waals surface area contributed by atoms with E-state index in [2.05, 4.69) is 105 Å². The minimum absolute atomic E-state index is 0. The highest BCUT2D eigenvalue weighted by atomic mass is 127. The number of carbonyl (C=O) groups is 2. The summed E-state index contributed by atoms with van der Waals surface area (Å²) in [6, 6.07) is 17.8. The fourth-order valence-corrected chi connectivity index (χ4v) is 20.9. The van der Waals surface area contributed by atoms with Crippen molar-refractivity contribution in [1.82, 2.24) is 0 Å². The summed E-state index contributed by atoms with van der Waals surface area (Å²) in [5.74, 6) is 2.95. The van der Waals surface area contributed by atoms with Crippen molar-refractivity contribution in [3.05, 3.63) is 97.1 Å². The lowest BCUT2D eigenvalue weighted by molar-refractivity contribution is -0.156. The molecule has 13 nitrogen and oxygen atoms in total. The summed E-state index contributed by atoms with van der Waals surface area (Å²) in [6.07, 6.45) is 18.4.